The van der Waals surface area contributed by atoms with Crippen LogP contribution in [0.3, 0.4) is 0 Å². The van der Waals surface area contributed by atoms with Crippen LogP contribution in [0.1, 0.15) is 43.9 Å². The van der Waals surface area contributed by atoms with Gasteiger partial charge in [0.05, 0.1) is 0 Å². The lowest BCUT2D eigenvalue weighted by Gasteiger charge is -2.15. The number of hydrogen-bond donors (Lipinski definition) is 1. The SMILES string of the molecule is C=CC(C)Oc1ccc2c(c1)CCC2NCCC. The van der Waals surface area contributed by atoms with E-state index in [-0.39, 0.29) is 6.10 Å². The Labute approximate surface area is 110 Å². The Morgan fingerprint density at radius 2 is 2.39 bits per heavy atom. The van der Waals surface area contributed by atoms with Crippen LogP contribution < -0.4 is 10.1 Å². The lowest BCUT2D eigenvalue weighted by Crippen LogP contribution is -2.19. The second-order valence-corrected chi connectivity index (χ2v) is 4.96. The minimum Gasteiger partial charge on any atom is -0.487 e. The molecule has 1 aliphatic carbocycles. The third-order valence-corrected chi connectivity index (χ3v) is 3.49. The van der Waals surface area contributed by atoms with Crippen LogP contribution in [0.2, 0.25) is 0 Å². The van der Waals surface area contributed by atoms with E-state index in [0.29, 0.717) is 6.04 Å². The van der Waals surface area contributed by atoms with Crippen LogP contribution in [0, 0.1) is 0 Å². The zero-order chi connectivity index (χ0) is 13.0. The van der Waals surface area contributed by atoms with Crippen LogP contribution in [0.4, 0.5) is 0 Å². The summed E-state index contributed by atoms with van der Waals surface area (Å²) in [5.74, 6) is 0.956. The summed E-state index contributed by atoms with van der Waals surface area (Å²) in [6.07, 6.45) is 5.42. The van der Waals surface area contributed by atoms with Crippen molar-refractivity contribution in [3.63, 3.8) is 0 Å². The van der Waals surface area contributed by atoms with Gasteiger partial charge in [-0.05, 0) is 56.0 Å². The van der Waals surface area contributed by atoms with E-state index in [4.69, 9.17) is 4.74 Å². The Hall–Kier alpha value is -1.28. The zero-order valence-electron chi connectivity index (χ0n) is 11.4. The van der Waals surface area contributed by atoms with Crippen molar-refractivity contribution < 1.29 is 4.74 Å². The van der Waals surface area contributed by atoms with Crippen LogP contribution in [-0.2, 0) is 6.42 Å². The highest BCUT2D eigenvalue weighted by atomic mass is 16.5. The molecule has 1 N–H and O–H groups in total. The molecule has 0 aromatic heterocycles. The van der Waals surface area contributed by atoms with Crippen molar-refractivity contribution in [3.8, 4) is 5.75 Å². The minimum absolute atomic E-state index is 0.0680. The standard InChI is InChI=1S/C16H23NO/c1-4-10-17-16-9-6-13-11-14(7-8-15(13)16)18-12(3)5-2/h5,7-8,11-12,16-17H,2,4,6,9-10H2,1,3H3. The van der Waals surface area contributed by atoms with Crippen molar-refractivity contribution in [2.45, 2.75) is 45.3 Å². The molecule has 0 fully saturated rings. The van der Waals surface area contributed by atoms with Gasteiger partial charge < -0.3 is 10.1 Å². The van der Waals surface area contributed by atoms with Gasteiger partial charge >= 0.3 is 0 Å². The van der Waals surface area contributed by atoms with Gasteiger partial charge in [-0.15, -0.1) is 0 Å². The summed E-state index contributed by atoms with van der Waals surface area (Å²) in [6.45, 7) is 9.04. The largest absolute Gasteiger partial charge is 0.487 e. The number of fused-ring (bicyclic) bond motifs is 1. The second-order valence-electron chi connectivity index (χ2n) is 4.96. The van der Waals surface area contributed by atoms with Crippen molar-refractivity contribution in [2.75, 3.05) is 6.54 Å². The molecule has 0 spiro atoms. The molecular formula is C16H23NO. The summed E-state index contributed by atoms with van der Waals surface area (Å²) < 4.78 is 5.77. The molecule has 1 aromatic rings. The molecule has 1 aromatic carbocycles. The molecule has 0 amide bonds. The molecule has 2 nitrogen and oxygen atoms in total. The van der Waals surface area contributed by atoms with Gasteiger partial charge in [0.2, 0.25) is 0 Å². The maximum atomic E-state index is 5.77. The van der Waals surface area contributed by atoms with Gasteiger partial charge in [-0.3, -0.25) is 0 Å². The van der Waals surface area contributed by atoms with Gasteiger partial charge in [-0.25, -0.2) is 0 Å². The highest BCUT2D eigenvalue weighted by Crippen LogP contribution is 2.33. The fraction of sp³-hybridized carbons (Fsp3) is 0.500. The van der Waals surface area contributed by atoms with Crippen molar-refractivity contribution in [3.05, 3.63) is 42.0 Å². The lowest BCUT2D eigenvalue weighted by atomic mass is 10.1. The van der Waals surface area contributed by atoms with E-state index in [1.54, 1.807) is 0 Å². The van der Waals surface area contributed by atoms with Gasteiger partial charge in [0.15, 0.2) is 0 Å². The Balaban J connectivity index is 2.07. The third-order valence-electron chi connectivity index (χ3n) is 3.49. The number of hydrogen-bond acceptors (Lipinski definition) is 2. The number of rotatable bonds is 6. The summed E-state index contributed by atoms with van der Waals surface area (Å²) in [6, 6.07) is 7.00. The highest BCUT2D eigenvalue weighted by Gasteiger charge is 2.22. The predicted molar refractivity (Wildman–Crippen MR) is 76.1 cm³/mol. The van der Waals surface area contributed by atoms with Crippen LogP contribution >= 0.6 is 0 Å². The molecule has 2 atom stereocenters. The first-order chi connectivity index (χ1) is 8.74. The monoisotopic (exact) mass is 245 g/mol. The van der Waals surface area contributed by atoms with Gasteiger partial charge in [0, 0.05) is 6.04 Å². The minimum atomic E-state index is 0.0680. The van der Waals surface area contributed by atoms with Crippen LogP contribution in [0.15, 0.2) is 30.9 Å². The first-order valence-electron chi connectivity index (χ1n) is 6.90. The first-order valence-corrected chi connectivity index (χ1v) is 6.90. The maximum absolute atomic E-state index is 5.77. The zero-order valence-corrected chi connectivity index (χ0v) is 11.4. The number of benzene rings is 1. The van der Waals surface area contributed by atoms with E-state index < -0.39 is 0 Å². The summed E-state index contributed by atoms with van der Waals surface area (Å²) >= 11 is 0. The van der Waals surface area contributed by atoms with Crippen LogP contribution in [-0.4, -0.2) is 12.6 Å². The van der Waals surface area contributed by atoms with Crippen molar-refractivity contribution in [2.24, 2.45) is 0 Å². The molecule has 0 aliphatic heterocycles. The molecule has 0 saturated heterocycles. The predicted octanol–water partition coefficient (Wildman–Crippen LogP) is 3.63. The Morgan fingerprint density at radius 3 is 3.11 bits per heavy atom. The van der Waals surface area contributed by atoms with Crippen LogP contribution in [0.5, 0.6) is 5.75 Å². The van der Waals surface area contributed by atoms with Crippen molar-refractivity contribution in [1.29, 1.82) is 0 Å². The quantitative estimate of drug-likeness (QED) is 0.773. The van der Waals surface area contributed by atoms with Crippen LogP contribution in [0.25, 0.3) is 0 Å². The van der Waals surface area contributed by atoms with E-state index >= 15 is 0 Å². The average molecular weight is 245 g/mol. The molecule has 98 valence electrons. The molecule has 18 heavy (non-hydrogen) atoms. The summed E-state index contributed by atoms with van der Waals surface area (Å²) in [4.78, 5) is 0. The summed E-state index contributed by atoms with van der Waals surface area (Å²) in [5.41, 5.74) is 2.87. The van der Waals surface area contributed by atoms with Gasteiger partial charge in [0.1, 0.15) is 11.9 Å². The van der Waals surface area contributed by atoms with Gasteiger partial charge in [-0.1, -0.05) is 25.6 Å². The van der Waals surface area contributed by atoms with E-state index in [1.807, 2.05) is 13.0 Å². The Bertz CT molecular complexity index is 414. The number of nitrogens with one attached hydrogen (secondary N) is 1. The third kappa shape index (κ3) is 2.94. The normalized spacial score (nSPS) is 19.3. The number of ether oxygens (including phenoxy) is 1. The highest BCUT2D eigenvalue weighted by molar-refractivity contribution is 5.40. The molecule has 0 bridgehead atoms. The van der Waals surface area contributed by atoms with E-state index in [1.165, 1.54) is 24.0 Å². The fourth-order valence-corrected chi connectivity index (χ4v) is 2.46. The maximum Gasteiger partial charge on any atom is 0.120 e. The topological polar surface area (TPSA) is 21.3 Å². The molecular weight excluding hydrogens is 222 g/mol. The van der Waals surface area contributed by atoms with Crippen molar-refractivity contribution >= 4 is 0 Å². The Kier molecular flexibility index (Phi) is 4.43. The lowest BCUT2D eigenvalue weighted by molar-refractivity contribution is 0.270. The second kappa shape index (κ2) is 6.05. The smallest absolute Gasteiger partial charge is 0.120 e. The molecule has 0 saturated carbocycles. The Morgan fingerprint density at radius 1 is 1.56 bits per heavy atom. The molecule has 0 heterocycles. The van der Waals surface area contributed by atoms with E-state index in [9.17, 15) is 0 Å². The molecule has 2 rings (SSSR count). The van der Waals surface area contributed by atoms with Crippen molar-refractivity contribution in [1.82, 2.24) is 5.32 Å². The molecule has 0 radical (unpaired) electrons. The molecule has 2 heteroatoms. The van der Waals surface area contributed by atoms with Gasteiger partial charge in [-0.2, -0.15) is 0 Å². The first kappa shape index (κ1) is 13.2. The summed E-state index contributed by atoms with van der Waals surface area (Å²) in [7, 11) is 0. The van der Waals surface area contributed by atoms with E-state index in [2.05, 4.69) is 37.0 Å². The molecule has 1 aliphatic rings. The van der Waals surface area contributed by atoms with E-state index in [0.717, 1.165) is 18.7 Å². The summed E-state index contributed by atoms with van der Waals surface area (Å²) in [5, 5.41) is 3.60. The fourth-order valence-electron chi connectivity index (χ4n) is 2.46. The average Bonchev–Trinajstić information content (AvgIpc) is 2.78. The number of aryl methyl sites for hydroxylation is 1. The molecule has 2 unspecified atom stereocenters. The van der Waals surface area contributed by atoms with Gasteiger partial charge in [0.25, 0.3) is 0 Å².